The molecular weight excluding hydrogens is 503 g/mol. The Morgan fingerprint density at radius 2 is 1.57 bits per heavy atom. The molecule has 0 spiro atoms. The second-order valence-electron chi connectivity index (χ2n) is 8.73. The van der Waals surface area contributed by atoms with Crippen molar-refractivity contribution in [2.45, 2.75) is 38.0 Å². The summed E-state index contributed by atoms with van der Waals surface area (Å²) in [6.45, 7) is 11.8. The Hall–Kier alpha value is -2.69. The lowest BCUT2D eigenvalue weighted by Crippen LogP contribution is -2.18. The second kappa shape index (κ2) is 11.4. The molecule has 0 unspecified atom stereocenters. The van der Waals surface area contributed by atoms with Crippen molar-refractivity contribution in [2.75, 3.05) is 7.05 Å². The maximum absolute atomic E-state index is 12.7. The molecule has 8 heteroatoms. The van der Waals surface area contributed by atoms with Crippen LogP contribution < -0.4 is 4.72 Å². The first-order valence-corrected chi connectivity index (χ1v) is 13.3. The third-order valence-corrected chi connectivity index (χ3v) is 7.56. The summed E-state index contributed by atoms with van der Waals surface area (Å²) in [7, 11) is -2.17. The van der Waals surface area contributed by atoms with Gasteiger partial charge in [-0.3, -0.25) is 4.79 Å². The van der Waals surface area contributed by atoms with Crippen LogP contribution in [0, 0.1) is 12.5 Å². The summed E-state index contributed by atoms with van der Waals surface area (Å²) in [6.07, 6.45) is 1.11. The molecule has 3 rings (SSSR count). The van der Waals surface area contributed by atoms with Crippen LogP contribution >= 0.6 is 23.2 Å². The summed E-state index contributed by atoms with van der Waals surface area (Å²) < 4.78 is 26.0. The highest BCUT2D eigenvalue weighted by atomic mass is 35.5. The van der Waals surface area contributed by atoms with Crippen LogP contribution in [0.3, 0.4) is 0 Å². The van der Waals surface area contributed by atoms with Gasteiger partial charge >= 0.3 is 0 Å². The van der Waals surface area contributed by atoms with E-state index in [2.05, 4.69) is 23.4 Å². The zero-order chi connectivity index (χ0) is 25.8. The summed E-state index contributed by atoms with van der Waals surface area (Å²) in [5.74, 6) is 0.382. The maximum atomic E-state index is 12.7. The minimum atomic E-state index is -3.52. The fourth-order valence-electron chi connectivity index (χ4n) is 3.86. The van der Waals surface area contributed by atoms with E-state index in [1.165, 1.54) is 19.2 Å². The Kier molecular flexibility index (Phi) is 8.74. The van der Waals surface area contributed by atoms with Crippen molar-refractivity contribution < 1.29 is 13.2 Å². The third kappa shape index (κ3) is 6.71. The first-order chi connectivity index (χ1) is 16.5. The minimum absolute atomic E-state index is 0.0533. The van der Waals surface area contributed by atoms with Gasteiger partial charge in [0, 0.05) is 18.4 Å². The minimum Gasteiger partial charge on any atom is -0.299 e. The number of halogens is 2. The van der Waals surface area contributed by atoms with Gasteiger partial charge in [-0.15, -0.1) is 0 Å². The smallest absolute Gasteiger partial charge is 0.240 e. The summed E-state index contributed by atoms with van der Waals surface area (Å²) in [4.78, 5) is 16.5. The van der Waals surface area contributed by atoms with E-state index in [1.54, 1.807) is 30.3 Å². The highest BCUT2D eigenvalue weighted by molar-refractivity contribution is 7.89. The zero-order valence-electron chi connectivity index (χ0n) is 19.7. The van der Waals surface area contributed by atoms with E-state index >= 15 is 0 Å². The van der Waals surface area contributed by atoms with E-state index in [-0.39, 0.29) is 23.5 Å². The van der Waals surface area contributed by atoms with Gasteiger partial charge in [0.1, 0.15) is 5.78 Å². The Morgan fingerprint density at radius 1 is 0.971 bits per heavy atom. The summed E-state index contributed by atoms with van der Waals surface area (Å²) in [5.41, 5.74) is 4.36. The standard InChI is InChI=1S/C27H26Cl2N2O3S/c1-17(2)11-20-7-8-21(16-26(20)30-3)27-24(28)14-19(15-25(27)29)13-22(32)12-18-5-9-23(10-6-18)35(33,34)31-4/h5-10,14-17,31H,11-13H2,1-2,4H3. The molecule has 35 heavy (non-hydrogen) atoms. The molecule has 0 heterocycles. The van der Waals surface area contributed by atoms with Gasteiger partial charge in [0.05, 0.1) is 21.5 Å². The lowest BCUT2D eigenvalue weighted by molar-refractivity contribution is -0.117. The van der Waals surface area contributed by atoms with Crippen LogP contribution in [0.4, 0.5) is 5.69 Å². The van der Waals surface area contributed by atoms with Gasteiger partial charge in [0.2, 0.25) is 10.0 Å². The molecule has 0 aliphatic carbocycles. The predicted molar refractivity (Wildman–Crippen MR) is 142 cm³/mol. The van der Waals surface area contributed by atoms with Gasteiger partial charge in [-0.05, 0) is 72.0 Å². The number of carbonyl (C=O) groups excluding carboxylic acids is 1. The molecule has 182 valence electrons. The van der Waals surface area contributed by atoms with Gasteiger partial charge in [0.15, 0.2) is 5.69 Å². The molecule has 0 saturated heterocycles. The molecular formula is C27H26Cl2N2O3S. The topological polar surface area (TPSA) is 67.6 Å². The van der Waals surface area contributed by atoms with E-state index in [0.29, 0.717) is 38.3 Å². The van der Waals surface area contributed by atoms with Crippen molar-refractivity contribution >= 4 is 44.7 Å². The predicted octanol–water partition coefficient (Wildman–Crippen LogP) is 6.67. The summed E-state index contributed by atoms with van der Waals surface area (Å²) >= 11 is 13.1. The average molecular weight is 529 g/mol. The second-order valence-corrected chi connectivity index (χ2v) is 11.4. The number of Topliss-reactive ketones (excluding diaryl/α,β-unsaturated/α-hetero) is 1. The van der Waals surface area contributed by atoms with Crippen LogP contribution in [0.5, 0.6) is 0 Å². The lowest BCUT2D eigenvalue weighted by atomic mass is 9.96. The van der Waals surface area contributed by atoms with Crippen LogP contribution in [-0.2, 0) is 34.1 Å². The normalized spacial score (nSPS) is 11.5. The first kappa shape index (κ1) is 26.9. The number of ketones is 1. The molecule has 0 atom stereocenters. The Bertz CT molecular complexity index is 1370. The van der Waals surface area contributed by atoms with Gasteiger partial charge in [-0.25, -0.2) is 18.0 Å². The molecule has 5 nitrogen and oxygen atoms in total. The average Bonchev–Trinajstić information content (AvgIpc) is 2.79. The first-order valence-electron chi connectivity index (χ1n) is 11.1. The van der Waals surface area contributed by atoms with E-state index in [4.69, 9.17) is 29.8 Å². The molecule has 1 N–H and O–H groups in total. The van der Waals surface area contributed by atoms with Crippen LogP contribution in [0.15, 0.2) is 59.5 Å². The Labute approximate surface area is 217 Å². The van der Waals surface area contributed by atoms with Gasteiger partial charge in [-0.1, -0.05) is 61.3 Å². The van der Waals surface area contributed by atoms with E-state index in [9.17, 15) is 13.2 Å². The molecule has 3 aromatic carbocycles. The Balaban J connectivity index is 1.78. The molecule has 0 bridgehead atoms. The molecule has 0 radical (unpaired) electrons. The van der Waals surface area contributed by atoms with Crippen LogP contribution in [0.25, 0.3) is 16.0 Å². The van der Waals surface area contributed by atoms with Crippen molar-refractivity contribution in [2.24, 2.45) is 5.92 Å². The van der Waals surface area contributed by atoms with Crippen molar-refractivity contribution in [1.29, 1.82) is 0 Å². The van der Waals surface area contributed by atoms with Crippen molar-refractivity contribution in [3.8, 4) is 11.1 Å². The van der Waals surface area contributed by atoms with E-state index in [0.717, 1.165) is 17.5 Å². The number of carbonyl (C=O) groups is 1. The molecule has 3 aromatic rings. The quantitative estimate of drug-likeness (QED) is 0.315. The number of benzene rings is 3. The van der Waals surface area contributed by atoms with E-state index in [1.807, 2.05) is 12.1 Å². The van der Waals surface area contributed by atoms with Gasteiger partial charge < -0.3 is 0 Å². The van der Waals surface area contributed by atoms with Crippen molar-refractivity contribution in [1.82, 2.24) is 4.72 Å². The molecule has 0 aromatic heterocycles. The fraction of sp³-hybridized carbons (Fsp3) is 0.259. The number of hydrogen-bond acceptors (Lipinski definition) is 3. The molecule has 0 aliphatic rings. The Morgan fingerprint density at radius 3 is 2.11 bits per heavy atom. The fourth-order valence-corrected chi connectivity index (χ4v) is 5.34. The molecule has 0 fully saturated rings. The van der Waals surface area contributed by atoms with Gasteiger partial charge in [-0.2, -0.15) is 0 Å². The number of rotatable bonds is 9. The zero-order valence-corrected chi connectivity index (χ0v) is 22.1. The van der Waals surface area contributed by atoms with Gasteiger partial charge in [0.25, 0.3) is 0 Å². The van der Waals surface area contributed by atoms with Crippen LogP contribution in [0.2, 0.25) is 10.0 Å². The van der Waals surface area contributed by atoms with Crippen molar-refractivity contribution in [3.63, 3.8) is 0 Å². The largest absolute Gasteiger partial charge is 0.299 e. The van der Waals surface area contributed by atoms with Crippen molar-refractivity contribution in [3.05, 3.63) is 92.8 Å². The van der Waals surface area contributed by atoms with E-state index < -0.39 is 10.0 Å². The van der Waals surface area contributed by atoms with Crippen LogP contribution in [-0.4, -0.2) is 21.2 Å². The number of hydrogen-bond donors (Lipinski definition) is 1. The number of nitrogens with zero attached hydrogens (tertiary/aromatic N) is 1. The monoisotopic (exact) mass is 528 g/mol. The number of nitrogens with one attached hydrogen (secondary N) is 1. The third-order valence-electron chi connectivity index (χ3n) is 5.53. The lowest BCUT2D eigenvalue weighted by Gasteiger charge is -2.13. The number of sulfonamides is 1. The highest BCUT2D eigenvalue weighted by Gasteiger charge is 2.16. The SMILES string of the molecule is [C-]#[N+]c1cc(-c2c(Cl)cc(CC(=O)Cc3ccc(S(=O)(=O)NC)cc3)cc2Cl)ccc1CC(C)C. The molecule has 0 saturated carbocycles. The summed E-state index contributed by atoms with van der Waals surface area (Å²) in [5, 5.41) is 0.823. The van der Waals surface area contributed by atoms with Crippen LogP contribution in [0.1, 0.15) is 30.5 Å². The molecule has 0 aliphatic heterocycles. The molecule has 0 amide bonds. The highest BCUT2D eigenvalue weighted by Crippen LogP contribution is 2.38. The summed E-state index contributed by atoms with van der Waals surface area (Å²) in [6, 6.07) is 15.3. The maximum Gasteiger partial charge on any atom is 0.240 e.